The van der Waals surface area contributed by atoms with E-state index in [4.69, 9.17) is 0 Å². The quantitative estimate of drug-likeness (QED) is 0.889. The summed E-state index contributed by atoms with van der Waals surface area (Å²) in [5, 5.41) is 0. The largest absolute Gasteiger partial charge is 0.303 e. The fourth-order valence-electron chi connectivity index (χ4n) is 1.12. The number of hydrogen-bond donors (Lipinski definition) is 1. The molecule has 0 atom stereocenters. The molecule has 1 amide bonds. The third-order valence-electron chi connectivity index (χ3n) is 1.97. The van der Waals surface area contributed by atoms with E-state index in [-0.39, 0.29) is 0 Å². The van der Waals surface area contributed by atoms with Crippen molar-refractivity contribution in [3.8, 4) is 0 Å². The third kappa shape index (κ3) is 4.06. The lowest BCUT2D eigenvalue weighted by atomic mass is 10.5. The van der Waals surface area contributed by atoms with Crippen molar-refractivity contribution < 1.29 is 13.2 Å². The van der Waals surface area contributed by atoms with Crippen molar-refractivity contribution in [2.75, 3.05) is 13.6 Å². The molecule has 1 heterocycles. The molecule has 0 aliphatic heterocycles. The summed E-state index contributed by atoms with van der Waals surface area (Å²) in [4.78, 5) is 12.0. The van der Waals surface area contributed by atoms with Crippen LogP contribution in [0.5, 0.6) is 0 Å². The Morgan fingerprint density at radius 2 is 2.18 bits per heavy atom. The predicted molar refractivity (Wildman–Crippen MR) is 71.3 cm³/mol. The molecule has 0 unspecified atom stereocenters. The molecule has 0 saturated carbocycles. The number of amides is 1. The molecule has 17 heavy (non-hydrogen) atoms. The van der Waals surface area contributed by atoms with Crippen molar-refractivity contribution in [2.45, 2.75) is 13.3 Å². The van der Waals surface area contributed by atoms with Crippen molar-refractivity contribution in [1.82, 2.24) is 9.03 Å². The lowest BCUT2D eigenvalue weighted by Crippen LogP contribution is -2.41. The second-order valence-corrected chi connectivity index (χ2v) is 7.60. The predicted octanol–water partition coefficient (Wildman–Crippen LogP) is 1.83. The number of carbonyl (C=O) groups excluding carboxylic acids is 1. The fraction of sp³-hybridized carbons (Fsp3) is 0.444. The molecule has 1 aromatic heterocycles. The first-order chi connectivity index (χ1) is 7.86. The number of carbonyl (C=O) groups is 1. The Balaban J connectivity index is 2.75. The van der Waals surface area contributed by atoms with Gasteiger partial charge in [-0.05, 0) is 34.5 Å². The molecule has 5 nitrogen and oxygen atoms in total. The molecule has 1 N–H and O–H groups in total. The molecule has 0 fully saturated rings. The van der Waals surface area contributed by atoms with Crippen LogP contribution in [0, 0.1) is 0 Å². The Bertz CT molecular complexity index is 498. The molecule has 0 saturated heterocycles. The smallest absolute Gasteiger partial charge is 0.267 e. The standard InChI is InChI=1S/C9H13BrN2O3S2/c1-3-6-12(2)17(14,15)11-9(13)7-4-5-8(10)16-7/h4-5H,3,6H2,1-2H3,(H,11,13). The lowest BCUT2D eigenvalue weighted by Gasteiger charge is -2.15. The first-order valence-corrected chi connectivity index (χ1v) is 7.95. The summed E-state index contributed by atoms with van der Waals surface area (Å²) in [6, 6.07) is 3.27. The molecule has 0 aliphatic carbocycles. The van der Waals surface area contributed by atoms with Crippen molar-refractivity contribution in [3.63, 3.8) is 0 Å². The van der Waals surface area contributed by atoms with Gasteiger partial charge in [0.05, 0.1) is 8.66 Å². The van der Waals surface area contributed by atoms with Crippen LogP contribution < -0.4 is 4.72 Å². The van der Waals surface area contributed by atoms with Gasteiger partial charge >= 0.3 is 10.2 Å². The number of rotatable bonds is 5. The average Bonchev–Trinajstić information content (AvgIpc) is 2.64. The SMILES string of the molecule is CCCN(C)S(=O)(=O)NC(=O)c1ccc(Br)s1. The maximum absolute atomic E-state index is 11.7. The molecular formula is C9H13BrN2O3S2. The van der Waals surface area contributed by atoms with Gasteiger partial charge in [0.1, 0.15) is 0 Å². The van der Waals surface area contributed by atoms with Gasteiger partial charge in [-0.2, -0.15) is 12.7 Å². The Kier molecular flexibility index (Phi) is 5.11. The number of halogens is 1. The summed E-state index contributed by atoms with van der Waals surface area (Å²) >= 11 is 4.40. The molecule has 1 aromatic rings. The Labute approximate surface area is 113 Å². The van der Waals surface area contributed by atoms with Crippen LogP contribution in [0.15, 0.2) is 15.9 Å². The minimum absolute atomic E-state index is 0.352. The molecule has 0 aromatic carbocycles. The van der Waals surface area contributed by atoms with Crippen LogP contribution in [0.3, 0.4) is 0 Å². The molecule has 0 spiro atoms. The zero-order valence-electron chi connectivity index (χ0n) is 9.44. The van der Waals surface area contributed by atoms with Gasteiger partial charge in [-0.1, -0.05) is 6.92 Å². The van der Waals surface area contributed by atoms with E-state index in [1.54, 1.807) is 12.1 Å². The zero-order valence-corrected chi connectivity index (χ0v) is 12.7. The van der Waals surface area contributed by atoms with Crippen LogP contribution >= 0.6 is 27.3 Å². The first kappa shape index (κ1) is 14.6. The summed E-state index contributed by atoms with van der Waals surface area (Å²) in [5.41, 5.74) is 0. The number of thiophene rings is 1. The molecule has 0 bridgehead atoms. The van der Waals surface area contributed by atoms with E-state index >= 15 is 0 Å². The molecule has 96 valence electrons. The van der Waals surface area contributed by atoms with Crippen molar-refractivity contribution in [3.05, 3.63) is 20.8 Å². The van der Waals surface area contributed by atoms with Crippen LogP contribution in [-0.4, -0.2) is 32.2 Å². The van der Waals surface area contributed by atoms with Gasteiger partial charge in [0.2, 0.25) is 0 Å². The summed E-state index contributed by atoms with van der Waals surface area (Å²) < 4.78 is 27.3. The summed E-state index contributed by atoms with van der Waals surface area (Å²) in [6.45, 7) is 2.24. The lowest BCUT2D eigenvalue weighted by molar-refractivity contribution is 0.0983. The second-order valence-electron chi connectivity index (χ2n) is 3.36. The van der Waals surface area contributed by atoms with Crippen molar-refractivity contribution in [1.29, 1.82) is 0 Å². The van der Waals surface area contributed by atoms with Gasteiger partial charge in [-0.25, -0.2) is 4.72 Å². The Morgan fingerprint density at radius 1 is 1.53 bits per heavy atom. The Morgan fingerprint density at radius 3 is 2.65 bits per heavy atom. The van der Waals surface area contributed by atoms with E-state index in [1.165, 1.54) is 18.4 Å². The molecular weight excluding hydrogens is 328 g/mol. The van der Waals surface area contributed by atoms with Gasteiger partial charge in [0.15, 0.2) is 0 Å². The number of hydrogen-bond acceptors (Lipinski definition) is 4. The summed E-state index contributed by atoms with van der Waals surface area (Å²) in [7, 11) is -2.30. The first-order valence-electron chi connectivity index (χ1n) is 4.90. The van der Waals surface area contributed by atoms with Crippen molar-refractivity contribution >= 4 is 43.4 Å². The highest BCUT2D eigenvalue weighted by molar-refractivity contribution is 9.11. The molecule has 0 aliphatic rings. The van der Waals surface area contributed by atoms with Crippen LogP contribution in [0.1, 0.15) is 23.0 Å². The van der Waals surface area contributed by atoms with Gasteiger partial charge < -0.3 is 0 Å². The highest BCUT2D eigenvalue weighted by Gasteiger charge is 2.21. The van der Waals surface area contributed by atoms with Gasteiger partial charge in [0, 0.05) is 13.6 Å². The third-order valence-corrected chi connectivity index (χ3v) is 5.04. The van der Waals surface area contributed by atoms with Crippen LogP contribution in [0.2, 0.25) is 0 Å². The van der Waals surface area contributed by atoms with Gasteiger partial charge in [0.25, 0.3) is 5.91 Å². The van der Waals surface area contributed by atoms with E-state index in [0.717, 1.165) is 8.09 Å². The highest BCUT2D eigenvalue weighted by atomic mass is 79.9. The Hall–Kier alpha value is -0.440. The van der Waals surface area contributed by atoms with E-state index in [9.17, 15) is 13.2 Å². The van der Waals surface area contributed by atoms with Gasteiger partial charge in [-0.3, -0.25) is 4.79 Å². The van der Waals surface area contributed by atoms with E-state index in [0.29, 0.717) is 17.8 Å². The number of nitrogens with one attached hydrogen (secondary N) is 1. The van der Waals surface area contributed by atoms with Crippen LogP contribution in [-0.2, 0) is 10.2 Å². The molecule has 0 radical (unpaired) electrons. The van der Waals surface area contributed by atoms with Crippen LogP contribution in [0.25, 0.3) is 0 Å². The van der Waals surface area contributed by atoms with E-state index in [2.05, 4.69) is 15.9 Å². The minimum Gasteiger partial charge on any atom is -0.267 e. The average molecular weight is 341 g/mol. The topological polar surface area (TPSA) is 66.5 Å². The zero-order chi connectivity index (χ0) is 13.1. The van der Waals surface area contributed by atoms with Gasteiger partial charge in [-0.15, -0.1) is 11.3 Å². The second kappa shape index (κ2) is 5.94. The minimum atomic E-state index is -3.74. The maximum atomic E-state index is 11.7. The molecule has 1 rings (SSSR count). The number of nitrogens with zero attached hydrogens (tertiary/aromatic N) is 1. The van der Waals surface area contributed by atoms with Crippen molar-refractivity contribution in [2.24, 2.45) is 0 Å². The highest BCUT2D eigenvalue weighted by Crippen LogP contribution is 2.22. The maximum Gasteiger partial charge on any atom is 0.303 e. The normalized spacial score (nSPS) is 11.8. The molecule has 8 heteroatoms. The monoisotopic (exact) mass is 340 g/mol. The van der Waals surface area contributed by atoms with Crippen LogP contribution in [0.4, 0.5) is 0 Å². The van der Waals surface area contributed by atoms with E-state index in [1.807, 2.05) is 11.6 Å². The summed E-state index contributed by atoms with van der Waals surface area (Å²) in [6.07, 6.45) is 0.691. The van der Waals surface area contributed by atoms with E-state index < -0.39 is 16.1 Å². The fourth-order valence-corrected chi connectivity index (χ4v) is 3.39. The summed E-state index contributed by atoms with van der Waals surface area (Å²) in [5.74, 6) is -0.608.